The fourth-order valence-electron chi connectivity index (χ4n) is 0.822. The molecule has 2 N–H and O–H groups in total. The Morgan fingerprint density at radius 3 is 2.33 bits per heavy atom. The Bertz CT molecular complexity index is 242. The van der Waals surface area contributed by atoms with E-state index in [9.17, 15) is 0 Å². The van der Waals surface area contributed by atoms with Crippen molar-refractivity contribution in [3.05, 3.63) is 0 Å². The molecule has 68 valence electrons. The maximum absolute atomic E-state index is 5.41. The van der Waals surface area contributed by atoms with Crippen LogP contribution in [0.25, 0.3) is 0 Å². The van der Waals surface area contributed by atoms with Gasteiger partial charge in [-0.05, 0) is 26.7 Å². The number of nitrogens with two attached hydrogens (primary N) is 1. The first-order chi connectivity index (χ1) is 5.18. The van der Waals surface area contributed by atoms with Gasteiger partial charge < -0.3 is 5.73 Å². The zero-order chi connectivity index (χ0) is 8.27. The third-order valence-corrected chi connectivity index (χ3v) is 1.48. The van der Waals surface area contributed by atoms with Gasteiger partial charge in [0.1, 0.15) is 0 Å². The van der Waals surface area contributed by atoms with Crippen molar-refractivity contribution in [1.29, 1.82) is 0 Å². The van der Waals surface area contributed by atoms with E-state index in [0.717, 1.165) is 24.3 Å². The van der Waals surface area contributed by atoms with E-state index >= 15 is 0 Å². The molecule has 1 aliphatic rings. The lowest BCUT2D eigenvalue weighted by Gasteiger charge is -2.02. The van der Waals surface area contributed by atoms with E-state index in [1.54, 1.807) is 0 Å². The summed E-state index contributed by atoms with van der Waals surface area (Å²) < 4.78 is 0. The fraction of sp³-hybridized carbons (Fsp3) is 0.571. The molecule has 0 atom stereocenters. The summed E-state index contributed by atoms with van der Waals surface area (Å²) in [6.45, 7) is 3.89. The number of guanidine groups is 1. The van der Waals surface area contributed by atoms with Crippen molar-refractivity contribution in [3.63, 3.8) is 0 Å². The summed E-state index contributed by atoms with van der Waals surface area (Å²) in [7, 11) is 0. The van der Waals surface area contributed by atoms with E-state index in [0.29, 0.717) is 0 Å². The monoisotopic (exact) mass is 232 g/mol. The van der Waals surface area contributed by atoms with Gasteiger partial charge in [-0.2, -0.15) is 5.10 Å². The second-order valence-corrected chi connectivity index (χ2v) is 2.64. The van der Waals surface area contributed by atoms with Crippen molar-refractivity contribution < 1.29 is 0 Å². The van der Waals surface area contributed by atoms with E-state index in [1.165, 1.54) is 0 Å². The summed E-state index contributed by atoms with van der Waals surface area (Å²) in [5.41, 5.74) is 7.43. The van der Waals surface area contributed by atoms with Crippen LogP contribution in [0.3, 0.4) is 0 Å². The van der Waals surface area contributed by atoms with Gasteiger partial charge in [-0.1, -0.05) is 0 Å². The van der Waals surface area contributed by atoms with E-state index in [4.69, 9.17) is 5.73 Å². The number of aliphatic imine (C=N–C) groups is 1. The van der Waals surface area contributed by atoms with Crippen LogP contribution in [-0.4, -0.2) is 17.4 Å². The molecule has 0 fully saturated rings. The molecule has 4 nitrogen and oxygen atoms in total. The van der Waals surface area contributed by atoms with Crippen LogP contribution >= 0.6 is 17.0 Å². The molecule has 0 aliphatic carbocycles. The lowest BCUT2D eigenvalue weighted by molar-refractivity contribution is 1.06. The molecule has 0 bridgehead atoms. The van der Waals surface area contributed by atoms with Crippen LogP contribution in [0.2, 0.25) is 0 Å². The van der Waals surface area contributed by atoms with Crippen molar-refractivity contribution in [1.82, 2.24) is 0 Å². The van der Waals surface area contributed by atoms with Gasteiger partial charge in [-0.25, -0.2) is 4.99 Å². The predicted octanol–water partition coefficient (Wildman–Crippen LogP) is 1.51. The molecular formula is C7H13BrN4. The molecule has 1 aliphatic heterocycles. The summed E-state index contributed by atoms with van der Waals surface area (Å²) in [5.74, 6) is 0.251. The molecular weight excluding hydrogens is 220 g/mol. The minimum atomic E-state index is 0. The van der Waals surface area contributed by atoms with Crippen LogP contribution in [0.15, 0.2) is 15.2 Å². The SMILES string of the molecule is Br.C/C1=N/N=C(N)\N=C(\C)CC1. The molecule has 0 aromatic heterocycles. The molecule has 0 spiro atoms. The highest BCUT2D eigenvalue weighted by Gasteiger charge is 1.99. The zero-order valence-corrected chi connectivity index (χ0v) is 8.95. The first kappa shape index (κ1) is 11.3. The number of hydrogen-bond donors (Lipinski definition) is 1. The molecule has 1 rings (SSSR count). The van der Waals surface area contributed by atoms with E-state index in [2.05, 4.69) is 15.2 Å². The first-order valence-electron chi connectivity index (χ1n) is 3.59. The van der Waals surface area contributed by atoms with Gasteiger partial charge in [-0.15, -0.1) is 22.1 Å². The van der Waals surface area contributed by atoms with Crippen molar-refractivity contribution in [2.45, 2.75) is 26.7 Å². The molecule has 0 amide bonds. The Labute approximate surface area is 82.4 Å². The van der Waals surface area contributed by atoms with Crippen molar-refractivity contribution >= 4 is 34.4 Å². The standard InChI is InChI=1S/C7H12N4.BrH/c1-5-3-4-6(2)10-11-7(8)9-5;/h3-4H2,1-2H3,(H2,8,11);1H/b9-5-,10-6-;. The van der Waals surface area contributed by atoms with Gasteiger partial charge in [0.05, 0.1) is 0 Å². The highest BCUT2D eigenvalue weighted by Crippen LogP contribution is 1.99. The number of hydrogen-bond acceptors (Lipinski definition) is 4. The maximum Gasteiger partial charge on any atom is 0.239 e. The minimum Gasteiger partial charge on any atom is -0.366 e. The number of nitrogens with zero attached hydrogens (tertiary/aromatic N) is 3. The molecule has 5 heteroatoms. The van der Waals surface area contributed by atoms with Crippen LogP contribution in [0, 0.1) is 0 Å². The van der Waals surface area contributed by atoms with Crippen LogP contribution in [0.5, 0.6) is 0 Å². The van der Waals surface area contributed by atoms with E-state index in [1.807, 2.05) is 13.8 Å². The summed E-state index contributed by atoms with van der Waals surface area (Å²) in [6, 6.07) is 0. The molecule has 0 unspecified atom stereocenters. The average Bonchev–Trinajstić information content (AvgIpc) is 1.95. The Morgan fingerprint density at radius 2 is 1.67 bits per heavy atom. The predicted molar refractivity (Wildman–Crippen MR) is 57.4 cm³/mol. The van der Waals surface area contributed by atoms with Crippen LogP contribution < -0.4 is 5.73 Å². The van der Waals surface area contributed by atoms with Gasteiger partial charge in [-0.3, -0.25) is 0 Å². The topological polar surface area (TPSA) is 63.1 Å². The Morgan fingerprint density at radius 1 is 1.08 bits per heavy atom. The van der Waals surface area contributed by atoms with Gasteiger partial charge in [0.15, 0.2) is 0 Å². The average molecular weight is 233 g/mol. The van der Waals surface area contributed by atoms with Gasteiger partial charge in [0.25, 0.3) is 0 Å². The summed E-state index contributed by atoms with van der Waals surface area (Å²) in [6.07, 6.45) is 1.84. The van der Waals surface area contributed by atoms with Crippen LogP contribution in [0.1, 0.15) is 26.7 Å². The van der Waals surface area contributed by atoms with E-state index < -0.39 is 0 Å². The zero-order valence-electron chi connectivity index (χ0n) is 7.24. The second-order valence-electron chi connectivity index (χ2n) is 2.64. The van der Waals surface area contributed by atoms with Gasteiger partial charge >= 0.3 is 0 Å². The largest absolute Gasteiger partial charge is 0.366 e. The lowest BCUT2D eigenvalue weighted by Crippen LogP contribution is -2.13. The highest BCUT2D eigenvalue weighted by atomic mass is 79.9. The van der Waals surface area contributed by atoms with Gasteiger partial charge in [0, 0.05) is 11.4 Å². The fourth-order valence-corrected chi connectivity index (χ4v) is 0.822. The third kappa shape index (κ3) is 3.61. The third-order valence-electron chi connectivity index (χ3n) is 1.48. The molecule has 1 heterocycles. The molecule has 0 radical (unpaired) electrons. The summed E-state index contributed by atoms with van der Waals surface area (Å²) in [4.78, 5) is 4.01. The quantitative estimate of drug-likeness (QED) is 0.677. The van der Waals surface area contributed by atoms with Crippen molar-refractivity contribution in [2.24, 2.45) is 20.9 Å². The smallest absolute Gasteiger partial charge is 0.239 e. The van der Waals surface area contributed by atoms with Crippen molar-refractivity contribution in [3.8, 4) is 0 Å². The van der Waals surface area contributed by atoms with Crippen molar-refractivity contribution in [2.75, 3.05) is 0 Å². The van der Waals surface area contributed by atoms with Crippen LogP contribution in [-0.2, 0) is 0 Å². The maximum atomic E-state index is 5.41. The summed E-state index contributed by atoms with van der Waals surface area (Å²) >= 11 is 0. The molecule has 0 aromatic rings. The van der Waals surface area contributed by atoms with Crippen LogP contribution in [0.4, 0.5) is 0 Å². The first-order valence-corrected chi connectivity index (χ1v) is 3.59. The Kier molecular flexibility index (Phi) is 4.73. The Balaban J connectivity index is 0.00000121. The normalized spacial score (nSPS) is 30.7. The number of halogens is 1. The minimum absolute atomic E-state index is 0. The van der Waals surface area contributed by atoms with E-state index in [-0.39, 0.29) is 22.9 Å². The molecule has 0 saturated carbocycles. The Hall–Kier alpha value is -0.710. The lowest BCUT2D eigenvalue weighted by atomic mass is 10.2. The van der Waals surface area contributed by atoms with Gasteiger partial charge in [0.2, 0.25) is 5.96 Å². The second kappa shape index (κ2) is 5.03. The molecule has 0 aromatic carbocycles. The molecule has 12 heavy (non-hydrogen) atoms. The number of rotatable bonds is 0. The summed E-state index contributed by atoms with van der Waals surface area (Å²) in [5, 5.41) is 7.58. The highest BCUT2D eigenvalue weighted by molar-refractivity contribution is 8.93. The molecule has 0 saturated heterocycles.